The molecule has 1 atom stereocenters. The quantitative estimate of drug-likeness (QED) is 0.516. The summed E-state index contributed by atoms with van der Waals surface area (Å²) in [6.45, 7) is -0.719. The summed E-state index contributed by atoms with van der Waals surface area (Å²) < 4.78 is 78.3. The van der Waals surface area contributed by atoms with Crippen molar-refractivity contribution in [1.82, 2.24) is 0 Å². The zero-order valence-corrected chi connectivity index (χ0v) is 10.5. The van der Waals surface area contributed by atoms with Crippen LogP contribution in [-0.4, -0.2) is 24.8 Å². The highest BCUT2D eigenvalue weighted by molar-refractivity contribution is 5.75. The molecule has 0 spiro atoms. The third kappa shape index (κ3) is 5.25. The molecule has 21 heavy (non-hydrogen) atoms. The van der Waals surface area contributed by atoms with Crippen LogP contribution in [0.4, 0.5) is 26.3 Å². The van der Waals surface area contributed by atoms with E-state index in [1.807, 2.05) is 0 Å². The van der Waals surface area contributed by atoms with Crippen molar-refractivity contribution in [3.63, 3.8) is 0 Å². The molecule has 0 bridgehead atoms. The van der Waals surface area contributed by atoms with Gasteiger partial charge in [0.05, 0.1) is 0 Å². The number of rotatable bonds is 5. The molecular weight excluding hydrogens is 304 g/mol. The number of halogens is 6. The fourth-order valence-corrected chi connectivity index (χ4v) is 1.44. The van der Waals surface area contributed by atoms with E-state index in [2.05, 4.69) is 4.74 Å². The first-order chi connectivity index (χ1) is 9.61. The number of carbonyl (C=O) groups excluding carboxylic acids is 1. The molecule has 0 saturated heterocycles. The Hall–Kier alpha value is -1.77. The minimum atomic E-state index is -5.12. The van der Waals surface area contributed by atoms with Gasteiger partial charge in [-0.05, 0) is 24.5 Å². The molecule has 0 saturated carbocycles. The third-order valence-electron chi connectivity index (χ3n) is 2.53. The lowest BCUT2D eigenvalue weighted by Gasteiger charge is -2.13. The van der Waals surface area contributed by atoms with Gasteiger partial charge >= 0.3 is 12.1 Å². The Balaban J connectivity index is 2.49. The van der Waals surface area contributed by atoms with Gasteiger partial charge in [0.1, 0.15) is 12.4 Å². The van der Waals surface area contributed by atoms with Gasteiger partial charge in [0.25, 0.3) is 0 Å². The van der Waals surface area contributed by atoms with Gasteiger partial charge in [-0.2, -0.15) is 13.2 Å². The molecule has 3 nitrogen and oxygen atoms in total. The van der Waals surface area contributed by atoms with E-state index in [0.717, 1.165) is 0 Å². The Bertz CT molecular complexity index is 517. The van der Waals surface area contributed by atoms with Crippen molar-refractivity contribution in [2.75, 3.05) is 6.61 Å². The van der Waals surface area contributed by atoms with E-state index in [1.165, 1.54) is 0 Å². The van der Waals surface area contributed by atoms with Gasteiger partial charge in [0.2, 0.25) is 0 Å². The molecule has 1 rings (SSSR count). The first kappa shape index (κ1) is 17.3. The summed E-state index contributed by atoms with van der Waals surface area (Å²) in [7, 11) is 0. The minimum absolute atomic E-state index is 0.0763. The fourth-order valence-electron chi connectivity index (χ4n) is 1.44. The van der Waals surface area contributed by atoms with Gasteiger partial charge in [-0.25, -0.2) is 18.0 Å². The molecule has 0 aromatic heterocycles. The Morgan fingerprint density at radius 3 is 2.29 bits per heavy atom. The first-order valence-corrected chi connectivity index (χ1v) is 5.74. The number of hydrogen-bond donors (Lipinski definition) is 1. The van der Waals surface area contributed by atoms with E-state index >= 15 is 0 Å². The summed E-state index contributed by atoms with van der Waals surface area (Å²) in [6.07, 6.45) is -5.34. The van der Waals surface area contributed by atoms with Crippen LogP contribution in [0.5, 0.6) is 0 Å². The topological polar surface area (TPSA) is 52.3 Å². The van der Waals surface area contributed by atoms with Gasteiger partial charge in [-0.1, -0.05) is 0 Å². The fraction of sp³-hybridized carbons (Fsp3) is 0.417. The first-order valence-electron chi connectivity index (χ1n) is 5.74. The molecule has 0 aliphatic rings. The van der Waals surface area contributed by atoms with Crippen LogP contribution in [0.25, 0.3) is 0 Å². The normalized spacial score (nSPS) is 13.1. The Kier molecular flexibility index (Phi) is 5.59. The number of alkyl halides is 3. The maximum Gasteiger partial charge on any atom is 0.490 e. The summed E-state index contributed by atoms with van der Waals surface area (Å²) in [5, 5.41) is 0. The summed E-state index contributed by atoms with van der Waals surface area (Å²) >= 11 is 0. The molecule has 9 heteroatoms. The molecule has 1 aromatic carbocycles. The molecule has 0 fully saturated rings. The lowest BCUT2D eigenvalue weighted by Crippen LogP contribution is -2.33. The molecule has 118 valence electrons. The monoisotopic (exact) mass is 315 g/mol. The summed E-state index contributed by atoms with van der Waals surface area (Å²) in [4.78, 5) is 10.4. The summed E-state index contributed by atoms with van der Waals surface area (Å²) in [5.74, 6) is -5.96. The Morgan fingerprint density at radius 1 is 1.14 bits per heavy atom. The largest absolute Gasteiger partial charge is 0.490 e. The average molecular weight is 315 g/mol. The van der Waals surface area contributed by atoms with E-state index < -0.39 is 42.2 Å². The lowest BCUT2D eigenvalue weighted by atomic mass is 10.1. The smallest absolute Gasteiger partial charge is 0.457 e. The van der Waals surface area contributed by atoms with Crippen molar-refractivity contribution in [2.24, 2.45) is 5.73 Å². The number of ether oxygens (including phenoxy) is 1. The Labute approximate surface area is 115 Å². The molecule has 1 aromatic rings. The van der Waals surface area contributed by atoms with E-state index in [1.54, 1.807) is 0 Å². The SMILES string of the molecule is NC(CCc1cc(F)c(F)cc1F)COC(=O)C(F)(F)F. The second-order valence-corrected chi connectivity index (χ2v) is 4.25. The summed E-state index contributed by atoms with van der Waals surface area (Å²) in [6, 6.07) is 0.00252. The minimum Gasteiger partial charge on any atom is -0.457 e. The van der Waals surface area contributed by atoms with Gasteiger partial charge in [0, 0.05) is 12.1 Å². The lowest BCUT2D eigenvalue weighted by molar-refractivity contribution is -0.200. The third-order valence-corrected chi connectivity index (χ3v) is 2.53. The second-order valence-electron chi connectivity index (χ2n) is 4.25. The highest BCUT2D eigenvalue weighted by Crippen LogP contribution is 2.18. The van der Waals surface area contributed by atoms with Crippen LogP contribution in [0.2, 0.25) is 0 Å². The average Bonchev–Trinajstić information content (AvgIpc) is 2.37. The van der Waals surface area contributed by atoms with Crippen LogP contribution in [0.1, 0.15) is 12.0 Å². The van der Waals surface area contributed by atoms with Crippen LogP contribution in [-0.2, 0) is 16.0 Å². The van der Waals surface area contributed by atoms with Gasteiger partial charge in [-0.15, -0.1) is 0 Å². The van der Waals surface area contributed by atoms with Crippen LogP contribution in [0.3, 0.4) is 0 Å². The van der Waals surface area contributed by atoms with Gasteiger partial charge < -0.3 is 10.5 Å². The van der Waals surface area contributed by atoms with Crippen LogP contribution < -0.4 is 5.73 Å². The predicted molar refractivity (Wildman–Crippen MR) is 59.6 cm³/mol. The zero-order chi connectivity index (χ0) is 16.2. The molecule has 1 unspecified atom stereocenters. The molecular formula is C12H11F6NO2. The van der Waals surface area contributed by atoms with Crippen LogP contribution in [0, 0.1) is 17.5 Å². The van der Waals surface area contributed by atoms with Crippen molar-refractivity contribution < 1.29 is 35.9 Å². The molecule has 0 radical (unpaired) electrons. The van der Waals surface area contributed by atoms with Crippen LogP contribution >= 0.6 is 0 Å². The maximum atomic E-state index is 13.3. The van der Waals surface area contributed by atoms with Crippen molar-refractivity contribution in [2.45, 2.75) is 25.1 Å². The Morgan fingerprint density at radius 2 is 1.71 bits per heavy atom. The highest BCUT2D eigenvalue weighted by Gasteiger charge is 2.41. The van der Waals surface area contributed by atoms with E-state index in [9.17, 15) is 31.1 Å². The number of hydrogen-bond acceptors (Lipinski definition) is 3. The van der Waals surface area contributed by atoms with Crippen molar-refractivity contribution >= 4 is 5.97 Å². The van der Waals surface area contributed by atoms with Crippen molar-refractivity contribution in [1.29, 1.82) is 0 Å². The molecule has 2 N–H and O–H groups in total. The number of esters is 1. The molecule has 0 aliphatic carbocycles. The van der Waals surface area contributed by atoms with E-state index in [-0.39, 0.29) is 18.4 Å². The van der Waals surface area contributed by atoms with E-state index in [4.69, 9.17) is 5.73 Å². The zero-order valence-electron chi connectivity index (χ0n) is 10.5. The molecule has 0 aliphatic heterocycles. The highest BCUT2D eigenvalue weighted by atomic mass is 19.4. The van der Waals surface area contributed by atoms with Crippen molar-refractivity contribution in [3.8, 4) is 0 Å². The standard InChI is InChI=1S/C12H11F6NO2/c13-8-4-10(15)9(14)3-6(8)1-2-7(19)5-21-11(20)12(16,17)18/h3-4,7H,1-2,5,19H2. The van der Waals surface area contributed by atoms with Gasteiger partial charge in [-0.3, -0.25) is 0 Å². The van der Waals surface area contributed by atoms with Crippen LogP contribution in [0.15, 0.2) is 12.1 Å². The van der Waals surface area contributed by atoms with Crippen molar-refractivity contribution in [3.05, 3.63) is 35.1 Å². The number of nitrogens with two attached hydrogens (primary N) is 1. The molecule has 0 amide bonds. The summed E-state index contributed by atoms with van der Waals surface area (Å²) in [5.41, 5.74) is 5.22. The number of benzene rings is 1. The predicted octanol–water partition coefficient (Wildman–Crippen LogP) is 2.47. The maximum absolute atomic E-state index is 13.3. The molecule has 0 heterocycles. The number of aryl methyl sites for hydroxylation is 1. The van der Waals surface area contributed by atoms with Gasteiger partial charge in [0.15, 0.2) is 11.6 Å². The van der Waals surface area contributed by atoms with E-state index in [0.29, 0.717) is 12.1 Å². The second kappa shape index (κ2) is 6.79. The number of carbonyl (C=O) groups is 1.